The van der Waals surface area contributed by atoms with Crippen LogP contribution >= 0.6 is 0 Å². The Labute approximate surface area is 95.9 Å². The molecule has 0 aliphatic rings. The predicted molar refractivity (Wildman–Crippen MR) is 49.4 cm³/mol. The predicted octanol–water partition coefficient (Wildman–Crippen LogP) is 1.26. The van der Waals surface area contributed by atoms with E-state index < -0.39 is 0 Å². The summed E-state index contributed by atoms with van der Waals surface area (Å²) in [4.78, 5) is 0. The van der Waals surface area contributed by atoms with Crippen LogP contribution < -0.4 is 29.6 Å². The minimum atomic E-state index is 0. The fourth-order valence-corrected chi connectivity index (χ4v) is 1.21. The van der Waals surface area contributed by atoms with Crippen molar-refractivity contribution in [3.8, 4) is 0 Å². The SMILES string of the molecule is CCCCCCCCCC.[H-].[Na+]. The average Bonchev–Trinajstić information content (AvgIpc) is 1.97. The zero-order valence-corrected chi connectivity index (χ0v) is 10.7. The number of unbranched alkanes of at least 4 members (excludes halogenated alkanes) is 7. The normalized spacial score (nSPS) is 9.27. The van der Waals surface area contributed by atoms with E-state index in [0.29, 0.717) is 0 Å². The summed E-state index contributed by atoms with van der Waals surface area (Å²) < 4.78 is 0. The average molecular weight is 166 g/mol. The smallest absolute Gasteiger partial charge is 1.00 e. The maximum atomic E-state index is 2.27. The summed E-state index contributed by atoms with van der Waals surface area (Å²) in [5.74, 6) is 0. The van der Waals surface area contributed by atoms with Crippen molar-refractivity contribution in [1.29, 1.82) is 0 Å². The van der Waals surface area contributed by atoms with Crippen molar-refractivity contribution in [3.05, 3.63) is 0 Å². The third-order valence-electron chi connectivity index (χ3n) is 1.96. The third-order valence-corrected chi connectivity index (χ3v) is 1.96. The fraction of sp³-hybridized carbons (Fsp3) is 1.00. The molecule has 1 heteroatoms. The Balaban J connectivity index is -0.000000405. The Morgan fingerprint density at radius 3 is 1.18 bits per heavy atom. The standard InChI is InChI=1S/C10H22.Na.H/c1-3-5-7-9-10-8-6-4-2;;/h3-10H2,1-2H3;;/q;+1;-1. The summed E-state index contributed by atoms with van der Waals surface area (Å²) >= 11 is 0. The Bertz CT molecular complexity index is 49.8. The van der Waals surface area contributed by atoms with Crippen LogP contribution in [0, 0.1) is 0 Å². The summed E-state index contributed by atoms with van der Waals surface area (Å²) in [6.45, 7) is 4.54. The molecule has 0 atom stereocenters. The maximum Gasteiger partial charge on any atom is 1.00 e. The van der Waals surface area contributed by atoms with E-state index >= 15 is 0 Å². The van der Waals surface area contributed by atoms with Crippen LogP contribution in [0.25, 0.3) is 0 Å². The first-order chi connectivity index (χ1) is 4.91. The molecule has 0 N–H and O–H groups in total. The van der Waals surface area contributed by atoms with Gasteiger partial charge in [-0.3, -0.25) is 0 Å². The van der Waals surface area contributed by atoms with Crippen LogP contribution in [0.4, 0.5) is 0 Å². The monoisotopic (exact) mass is 166 g/mol. The van der Waals surface area contributed by atoms with Crippen LogP contribution in [0.3, 0.4) is 0 Å². The van der Waals surface area contributed by atoms with Crippen LogP contribution in [0.1, 0.15) is 66.6 Å². The Kier molecular flexibility index (Phi) is 17.9. The summed E-state index contributed by atoms with van der Waals surface area (Å²) in [7, 11) is 0. The second kappa shape index (κ2) is 13.6. The number of rotatable bonds is 7. The molecule has 0 amide bonds. The van der Waals surface area contributed by atoms with Crippen molar-refractivity contribution in [3.63, 3.8) is 0 Å². The summed E-state index contributed by atoms with van der Waals surface area (Å²) in [6, 6.07) is 0. The molecular weight excluding hydrogens is 143 g/mol. The molecule has 0 aromatic carbocycles. The number of hydrogen-bond acceptors (Lipinski definition) is 0. The van der Waals surface area contributed by atoms with Crippen LogP contribution in [-0.2, 0) is 0 Å². The molecular formula is C10H23Na. The fourth-order valence-electron chi connectivity index (χ4n) is 1.21. The van der Waals surface area contributed by atoms with Crippen molar-refractivity contribution in [2.24, 2.45) is 0 Å². The molecule has 0 saturated carbocycles. The van der Waals surface area contributed by atoms with Crippen molar-refractivity contribution in [2.75, 3.05) is 0 Å². The van der Waals surface area contributed by atoms with Gasteiger partial charge in [0.15, 0.2) is 0 Å². The first kappa shape index (κ1) is 14.5. The van der Waals surface area contributed by atoms with Gasteiger partial charge in [-0.1, -0.05) is 65.2 Å². The van der Waals surface area contributed by atoms with Gasteiger partial charge < -0.3 is 1.43 Å². The Morgan fingerprint density at radius 2 is 0.909 bits per heavy atom. The molecule has 64 valence electrons. The summed E-state index contributed by atoms with van der Waals surface area (Å²) in [5.41, 5.74) is 0. The van der Waals surface area contributed by atoms with Crippen molar-refractivity contribution >= 4 is 0 Å². The van der Waals surface area contributed by atoms with Gasteiger partial charge in [-0.2, -0.15) is 0 Å². The third kappa shape index (κ3) is 13.9. The van der Waals surface area contributed by atoms with Crippen LogP contribution in [-0.4, -0.2) is 0 Å². The molecule has 0 heterocycles. The zero-order chi connectivity index (χ0) is 7.66. The van der Waals surface area contributed by atoms with Gasteiger partial charge in [0.2, 0.25) is 0 Å². The van der Waals surface area contributed by atoms with Gasteiger partial charge in [0.25, 0.3) is 0 Å². The van der Waals surface area contributed by atoms with Crippen molar-refractivity contribution in [1.82, 2.24) is 0 Å². The van der Waals surface area contributed by atoms with Gasteiger partial charge in [-0.05, 0) is 0 Å². The molecule has 0 aromatic rings. The van der Waals surface area contributed by atoms with Gasteiger partial charge >= 0.3 is 29.6 Å². The second-order valence-corrected chi connectivity index (χ2v) is 3.12. The first-order valence-corrected chi connectivity index (χ1v) is 4.91. The summed E-state index contributed by atoms with van der Waals surface area (Å²) in [5, 5.41) is 0. The largest absolute Gasteiger partial charge is 1.00 e. The second-order valence-electron chi connectivity index (χ2n) is 3.12. The molecule has 11 heavy (non-hydrogen) atoms. The molecule has 0 unspecified atom stereocenters. The zero-order valence-electron chi connectivity index (χ0n) is 9.66. The molecule has 0 nitrogen and oxygen atoms in total. The van der Waals surface area contributed by atoms with E-state index in [2.05, 4.69) is 13.8 Å². The Morgan fingerprint density at radius 1 is 0.636 bits per heavy atom. The van der Waals surface area contributed by atoms with Crippen LogP contribution in [0.15, 0.2) is 0 Å². The van der Waals surface area contributed by atoms with E-state index in [1.807, 2.05) is 0 Å². The first-order valence-electron chi connectivity index (χ1n) is 4.91. The molecule has 0 saturated heterocycles. The molecule has 0 rings (SSSR count). The molecule has 0 radical (unpaired) electrons. The van der Waals surface area contributed by atoms with Gasteiger partial charge in [0.1, 0.15) is 0 Å². The van der Waals surface area contributed by atoms with E-state index in [4.69, 9.17) is 0 Å². The van der Waals surface area contributed by atoms with Gasteiger partial charge in [0, 0.05) is 0 Å². The molecule has 0 aromatic heterocycles. The van der Waals surface area contributed by atoms with Crippen LogP contribution in [0.5, 0.6) is 0 Å². The quantitative estimate of drug-likeness (QED) is 0.394. The van der Waals surface area contributed by atoms with E-state index in [9.17, 15) is 0 Å². The number of hydrogen-bond donors (Lipinski definition) is 0. The van der Waals surface area contributed by atoms with E-state index in [-0.39, 0.29) is 31.0 Å². The molecule has 0 aliphatic carbocycles. The minimum absolute atomic E-state index is 0. The molecule has 0 aliphatic heterocycles. The van der Waals surface area contributed by atoms with E-state index in [0.717, 1.165) is 0 Å². The van der Waals surface area contributed by atoms with Gasteiger partial charge in [-0.15, -0.1) is 0 Å². The Hall–Kier alpha value is 1.00. The van der Waals surface area contributed by atoms with E-state index in [1.165, 1.54) is 51.4 Å². The maximum absolute atomic E-state index is 2.27. The van der Waals surface area contributed by atoms with Crippen LogP contribution in [0.2, 0.25) is 0 Å². The topological polar surface area (TPSA) is 0 Å². The summed E-state index contributed by atoms with van der Waals surface area (Å²) in [6.07, 6.45) is 11.5. The van der Waals surface area contributed by atoms with Crippen molar-refractivity contribution in [2.45, 2.75) is 65.2 Å². The van der Waals surface area contributed by atoms with Gasteiger partial charge in [0.05, 0.1) is 0 Å². The molecule has 0 spiro atoms. The van der Waals surface area contributed by atoms with Gasteiger partial charge in [-0.25, -0.2) is 0 Å². The molecule has 0 bridgehead atoms. The molecule has 0 fully saturated rings. The van der Waals surface area contributed by atoms with Crippen molar-refractivity contribution < 1.29 is 31.0 Å². The minimum Gasteiger partial charge on any atom is -1.00 e. The van der Waals surface area contributed by atoms with E-state index in [1.54, 1.807) is 0 Å².